The third-order valence-electron chi connectivity index (χ3n) is 2.56. The summed E-state index contributed by atoms with van der Waals surface area (Å²) < 4.78 is 39.7. The first-order valence-corrected chi connectivity index (χ1v) is 8.44. The number of rotatable bonds is 5. The molecule has 0 aliphatic rings. The molecular formula is C13H13FN2O3S2. The number of amides is 1. The lowest BCUT2D eigenvalue weighted by molar-refractivity contribution is 0.0957. The van der Waals surface area contributed by atoms with Crippen LogP contribution in [0.1, 0.15) is 16.6 Å². The highest BCUT2D eigenvalue weighted by atomic mass is 32.2. The Balaban J connectivity index is 2.30. The predicted molar refractivity (Wildman–Crippen MR) is 79.5 cm³/mol. The van der Waals surface area contributed by atoms with E-state index >= 15 is 0 Å². The Morgan fingerprint density at radius 3 is 2.52 bits per heavy atom. The molecule has 0 saturated carbocycles. The van der Waals surface area contributed by atoms with Crippen LogP contribution in [-0.4, -0.2) is 20.9 Å². The predicted octanol–water partition coefficient (Wildman–Crippen LogP) is 2.44. The topological polar surface area (TPSA) is 75.3 Å². The Morgan fingerprint density at radius 1 is 1.24 bits per heavy atom. The maximum absolute atomic E-state index is 12.8. The van der Waals surface area contributed by atoms with Crippen molar-refractivity contribution in [1.82, 2.24) is 5.32 Å². The van der Waals surface area contributed by atoms with E-state index in [9.17, 15) is 17.6 Å². The van der Waals surface area contributed by atoms with Crippen molar-refractivity contribution in [2.75, 3.05) is 11.3 Å². The maximum atomic E-state index is 12.8. The average Bonchev–Trinajstić information content (AvgIpc) is 2.92. The minimum atomic E-state index is -3.90. The first kappa shape index (κ1) is 15.5. The highest BCUT2D eigenvalue weighted by Gasteiger charge is 2.23. The van der Waals surface area contributed by atoms with Crippen LogP contribution < -0.4 is 10.0 Å². The van der Waals surface area contributed by atoms with Gasteiger partial charge in [-0.15, -0.1) is 11.3 Å². The van der Waals surface area contributed by atoms with Gasteiger partial charge in [-0.1, -0.05) is 0 Å². The molecular weight excluding hydrogens is 315 g/mol. The van der Waals surface area contributed by atoms with Crippen LogP contribution >= 0.6 is 11.3 Å². The van der Waals surface area contributed by atoms with Gasteiger partial charge in [0.15, 0.2) is 0 Å². The molecule has 21 heavy (non-hydrogen) atoms. The molecule has 1 amide bonds. The summed E-state index contributed by atoms with van der Waals surface area (Å²) in [6.07, 6.45) is 0. The number of carbonyl (C=O) groups excluding carboxylic acids is 1. The van der Waals surface area contributed by atoms with Gasteiger partial charge in [-0.3, -0.25) is 9.52 Å². The van der Waals surface area contributed by atoms with Crippen LogP contribution in [0.25, 0.3) is 0 Å². The fourth-order valence-corrected chi connectivity index (χ4v) is 4.05. The van der Waals surface area contributed by atoms with Gasteiger partial charge in [0.1, 0.15) is 15.6 Å². The molecule has 8 heteroatoms. The first-order valence-electron chi connectivity index (χ1n) is 6.08. The molecule has 2 aromatic rings. The quantitative estimate of drug-likeness (QED) is 0.885. The van der Waals surface area contributed by atoms with E-state index in [2.05, 4.69) is 10.0 Å². The van der Waals surface area contributed by atoms with Crippen LogP contribution in [0.5, 0.6) is 0 Å². The van der Waals surface area contributed by atoms with E-state index < -0.39 is 21.7 Å². The molecule has 0 radical (unpaired) electrons. The molecule has 0 spiro atoms. The van der Waals surface area contributed by atoms with E-state index in [4.69, 9.17) is 0 Å². The highest BCUT2D eigenvalue weighted by molar-refractivity contribution is 7.93. The average molecular weight is 328 g/mol. The molecule has 1 aromatic heterocycles. The standard InChI is InChI=1S/C13H13FN2O3S2/c1-2-15-13(17)12-11(7-8-20-12)21(18,19)16-10-5-3-9(14)4-6-10/h3-8,16H,2H2,1H3,(H,15,17). The molecule has 0 saturated heterocycles. The Hall–Kier alpha value is -1.93. The third-order valence-corrected chi connectivity index (χ3v) is 5.02. The van der Waals surface area contributed by atoms with Crippen molar-refractivity contribution in [2.24, 2.45) is 0 Å². The van der Waals surface area contributed by atoms with E-state index in [0.29, 0.717) is 6.54 Å². The van der Waals surface area contributed by atoms with Gasteiger partial charge in [-0.2, -0.15) is 0 Å². The molecule has 0 atom stereocenters. The number of thiophene rings is 1. The molecule has 2 rings (SSSR count). The molecule has 0 aliphatic heterocycles. The fraction of sp³-hybridized carbons (Fsp3) is 0.154. The molecule has 1 aromatic carbocycles. The van der Waals surface area contributed by atoms with Crippen molar-refractivity contribution >= 4 is 33.0 Å². The number of hydrogen-bond acceptors (Lipinski definition) is 4. The second-order valence-electron chi connectivity index (χ2n) is 4.09. The lowest BCUT2D eigenvalue weighted by atomic mass is 10.3. The number of anilines is 1. The largest absolute Gasteiger partial charge is 0.352 e. The summed E-state index contributed by atoms with van der Waals surface area (Å²) in [5.41, 5.74) is 0.226. The van der Waals surface area contributed by atoms with Gasteiger partial charge in [0.05, 0.1) is 0 Å². The lowest BCUT2D eigenvalue weighted by Crippen LogP contribution is -2.24. The molecule has 112 valence electrons. The smallest absolute Gasteiger partial charge is 0.263 e. The summed E-state index contributed by atoms with van der Waals surface area (Å²) in [6.45, 7) is 2.15. The zero-order valence-corrected chi connectivity index (χ0v) is 12.7. The molecule has 0 fully saturated rings. The van der Waals surface area contributed by atoms with E-state index in [1.54, 1.807) is 6.92 Å². The molecule has 2 N–H and O–H groups in total. The van der Waals surface area contributed by atoms with Crippen LogP contribution in [-0.2, 0) is 10.0 Å². The third kappa shape index (κ3) is 3.59. The van der Waals surface area contributed by atoms with Crippen molar-refractivity contribution in [3.05, 3.63) is 46.4 Å². The fourth-order valence-electron chi connectivity index (χ4n) is 1.64. The zero-order valence-electron chi connectivity index (χ0n) is 11.1. The van der Waals surface area contributed by atoms with E-state index in [1.165, 1.54) is 23.6 Å². The molecule has 0 unspecified atom stereocenters. The van der Waals surface area contributed by atoms with Crippen molar-refractivity contribution in [3.8, 4) is 0 Å². The number of halogens is 1. The summed E-state index contributed by atoms with van der Waals surface area (Å²) >= 11 is 1.05. The molecule has 1 heterocycles. The number of carbonyl (C=O) groups is 1. The van der Waals surface area contributed by atoms with Gasteiger partial charge in [0.2, 0.25) is 0 Å². The Labute approximate surface area is 125 Å². The van der Waals surface area contributed by atoms with E-state index in [-0.39, 0.29) is 15.5 Å². The van der Waals surface area contributed by atoms with Gasteiger partial charge >= 0.3 is 0 Å². The van der Waals surface area contributed by atoms with Gasteiger partial charge in [0, 0.05) is 12.2 Å². The first-order chi connectivity index (χ1) is 9.94. The molecule has 5 nitrogen and oxygen atoms in total. The summed E-state index contributed by atoms with van der Waals surface area (Å²) in [5.74, 6) is -0.900. The van der Waals surface area contributed by atoms with Crippen LogP contribution in [0, 0.1) is 5.82 Å². The number of nitrogens with one attached hydrogen (secondary N) is 2. The van der Waals surface area contributed by atoms with Crippen LogP contribution in [0.3, 0.4) is 0 Å². The van der Waals surface area contributed by atoms with Crippen molar-refractivity contribution in [2.45, 2.75) is 11.8 Å². The van der Waals surface area contributed by atoms with Crippen molar-refractivity contribution < 1.29 is 17.6 Å². The SMILES string of the molecule is CCNC(=O)c1sccc1S(=O)(=O)Nc1ccc(F)cc1. The van der Waals surface area contributed by atoms with Gasteiger partial charge in [-0.05, 0) is 42.6 Å². The lowest BCUT2D eigenvalue weighted by Gasteiger charge is -2.08. The monoisotopic (exact) mass is 328 g/mol. The van der Waals surface area contributed by atoms with Gasteiger partial charge in [-0.25, -0.2) is 12.8 Å². The van der Waals surface area contributed by atoms with Crippen molar-refractivity contribution in [3.63, 3.8) is 0 Å². The van der Waals surface area contributed by atoms with E-state index in [0.717, 1.165) is 23.5 Å². The Bertz CT molecular complexity index is 739. The number of benzene rings is 1. The minimum Gasteiger partial charge on any atom is -0.352 e. The number of sulfonamides is 1. The van der Waals surface area contributed by atoms with Crippen LogP contribution in [0.15, 0.2) is 40.6 Å². The minimum absolute atomic E-state index is 0.0947. The Morgan fingerprint density at radius 2 is 1.90 bits per heavy atom. The van der Waals surface area contributed by atoms with Crippen LogP contribution in [0.4, 0.5) is 10.1 Å². The van der Waals surface area contributed by atoms with Crippen LogP contribution in [0.2, 0.25) is 0 Å². The summed E-state index contributed by atoms with van der Waals surface area (Å²) in [4.78, 5) is 11.9. The summed E-state index contributed by atoms with van der Waals surface area (Å²) in [6, 6.07) is 6.28. The summed E-state index contributed by atoms with van der Waals surface area (Å²) in [5, 5.41) is 4.09. The molecule has 0 bridgehead atoms. The van der Waals surface area contributed by atoms with E-state index in [1.807, 2.05) is 0 Å². The maximum Gasteiger partial charge on any atom is 0.263 e. The van der Waals surface area contributed by atoms with Crippen molar-refractivity contribution in [1.29, 1.82) is 0 Å². The van der Waals surface area contributed by atoms with Gasteiger partial charge < -0.3 is 5.32 Å². The van der Waals surface area contributed by atoms with Gasteiger partial charge in [0.25, 0.3) is 15.9 Å². The number of hydrogen-bond donors (Lipinski definition) is 2. The Kier molecular flexibility index (Phi) is 4.59. The summed E-state index contributed by atoms with van der Waals surface area (Å²) in [7, 11) is -3.90. The highest BCUT2D eigenvalue weighted by Crippen LogP contribution is 2.24. The zero-order chi connectivity index (χ0) is 15.5. The molecule has 0 aliphatic carbocycles. The second-order valence-corrected chi connectivity index (χ2v) is 6.65. The normalized spacial score (nSPS) is 11.1. The second kappa shape index (κ2) is 6.23.